The molecule has 9 nitrogen and oxygen atoms in total. The van der Waals surface area contributed by atoms with Crippen LogP contribution in [0.2, 0.25) is 0 Å². The topological polar surface area (TPSA) is 74.8 Å². The number of nitrogens with zero attached hydrogens (tertiary/aromatic N) is 3. The van der Waals surface area contributed by atoms with Crippen molar-refractivity contribution in [1.82, 2.24) is 9.88 Å². The second-order valence-corrected chi connectivity index (χ2v) is 13.6. The van der Waals surface area contributed by atoms with Crippen LogP contribution >= 0.6 is 40.7 Å². The molecule has 0 bridgehead atoms. The Labute approximate surface area is 339 Å². The normalized spacial score (nSPS) is 12.9. The van der Waals surface area contributed by atoms with Gasteiger partial charge in [-0.25, -0.2) is 0 Å². The highest BCUT2D eigenvalue weighted by atomic mass is 79.9. The van der Waals surface area contributed by atoms with Crippen molar-refractivity contribution in [3.05, 3.63) is 107 Å². The van der Waals surface area contributed by atoms with E-state index in [1.54, 1.807) is 42.7 Å². The van der Waals surface area contributed by atoms with Gasteiger partial charge >= 0.3 is 0 Å². The fraction of sp³-hybridized carbons (Fsp3) is 0.310. The van der Waals surface area contributed by atoms with E-state index in [4.69, 9.17) is 28.4 Å². The van der Waals surface area contributed by atoms with E-state index in [-0.39, 0.29) is 24.8 Å². The monoisotopic (exact) mass is 839 g/mol. The highest BCUT2D eigenvalue weighted by molar-refractivity contribution is 9.10. The first-order chi connectivity index (χ1) is 25.4. The smallest absolute Gasteiger partial charge is 0.203 e. The van der Waals surface area contributed by atoms with Gasteiger partial charge in [-0.15, -0.1) is 24.8 Å². The summed E-state index contributed by atoms with van der Waals surface area (Å²) in [6.07, 6.45) is 3.98. The average molecular weight is 842 g/mol. The summed E-state index contributed by atoms with van der Waals surface area (Å²) < 4.78 is 34.6. The summed E-state index contributed by atoms with van der Waals surface area (Å²) in [6.45, 7) is 3.62. The van der Waals surface area contributed by atoms with Crippen LogP contribution in [0.25, 0.3) is 22.4 Å². The Morgan fingerprint density at radius 2 is 1.19 bits per heavy atom. The number of halogens is 3. The number of rotatable bonds is 14. The van der Waals surface area contributed by atoms with Crippen LogP contribution in [0.15, 0.2) is 95.6 Å². The van der Waals surface area contributed by atoms with Crippen molar-refractivity contribution in [3.63, 3.8) is 0 Å². The van der Waals surface area contributed by atoms with Crippen LogP contribution in [0.5, 0.6) is 34.5 Å². The Bertz CT molecular complexity index is 1920. The second-order valence-electron chi connectivity index (χ2n) is 12.7. The van der Waals surface area contributed by atoms with Crippen molar-refractivity contribution < 1.29 is 28.4 Å². The summed E-state index contributed by atoms with van der Waals surface area (Å²) in [4.78, 5) is 9.78. The highest BCUT2D eigenvalue weighted by Crippen LogP contribution is 2.42. The van der Waals surface area contributed by atoms with Crippen LogP contribution in [-0.4, -0.2) is 71.7 Å². The molecule has 6 rings (SSSR count). The summed E-state index contributed by atoms with van der Waals surface area (Å²) >= 11 is 3.63. The van der Waals surface area contributed by atoms with Gasteiger partial charge in [0, 0.05) is 54.1 Å². The van der Waals surface area contributed by atoms with E-state index < -0.39 is 0 Å². The van der Waals surface area contributed by atoms with E-state index in [1.807, 2.05) is 30.5 Å². The number of piperidine rings is 1. The fourth-order valence-electron chi connectivity index (χ4n) is 6.96. The number of anilines is 1. The predicted octanol–water partition coefficient (Wildman–Crippen LogP) is 9.74. The fourth-order valence-corrected chi connectivity index (χ4v) is 7.23. The number of likely N-dealkylation sites (tertiary alicyclic amines) is 1. The van der Waals surface area contributed by atoms with Gasteiger partial charge < -0.3 is 33.3 Å². The van der Waals surface area contributed by atoms with E-state index in [0.29, 0.717) is 40.5 Å². The lowest BCUT2D eigenvalue weighted by Gasteiger charge is -2.40. The van der Waals surface area contributed by atoms with Gasteiger partial charge in [0.05, 0.1) is 48.4 Å². The number of hydrogen-bond acceptors (Lipinski definition) is 9. The molecular formula is C42H48BrCl2N3O6. The van der Waals surface area contributed by atoms with Gasteiger partial charge in [-0.05, 0) is 102 Å². The lowest BCUT2D eigenvalue weighted by Crippen LogP contribution is -2.44. The molecule has 54 heavy (non-hydrogen) atoms. The Morgan fingerprint density at radius 1 is 0.630 bits per heavy atom. The maximum absolute atomic E-state index is 5.64. The van der Waals surface area contributed by atoms with Gasteiger partial charge in [0.1, 0.15) is 0 Å². The van der Waals surface area contributed by atoms with Crippen LogP contribution in [-0.2, 0) is 13.1 Å². The Balaban J connectivity index is 0.00000325. The minimum atomic E-state index is 0. The lowest BCUT2D eigenvalue weighted by atomic mass is 9.98. The van der Waals surface area contributed by atoms with Gasteiger partial charge in [-0.3, -0.25) is 9.88 Å². The molecule has 0 saturated carbocycles. The molecule has 1 aliphatic rings. The third kappa shape index (κ3) is 9.65. The van der Waals surface area contributed by atoms with E-state index in [9.17, 15) is 0 Å². The molecule has 0 N–H and O–H groups in total. The number of hydrogen-bond donors (Lipinski definition) is 0. The zero-order valence-corrected chi connectivity index (χ0v) is 34.7. The number of methoxy groups -OCH3 is 6. The first kappa shape index (κ1) is 42.4. The van der Waals surface area contributed by atoms with Gasteiger partial charge in [0.25, 0.3) is 0 Å². The molecule has 0 radical (unpaired) electrons. The summed E-state index contributed by atoms with van der Waals surface area (Å²) in [7, 11) is 9.77. The summed E-state index contributed by atoms with van der Waals surface area (Å²) in [5.74, 6) is 3.63. The predicted molar refractivity (Wildman–Crippen MR) is 224 cm³/mol. The van der Waals surface area contributed by atoms with Gasteiger partial charge in [-0.1, -0.05) is 34.1 Å². The molecule has 0 spiro atoms. The SMILES string of the molecule is COc1cc(-c2cccc(CN(c3ccc(Br)cc3)C3CCN(Cc4ccnc(-c5cc(OC)c(OC)c(OC)c5)c4)CC3)c2)cc(OC)c1OC.Cl.Cl. The second kappa shape index (κ2) is 19.8. The molecule has 0 aliphatic carbocycles. The van der Waals surface area contributed by atoms with Crippen molar-refractivity contribution >= 4 is 46.4 Å². The highest BCUT2D eigenvalue weighted by Gasteiger charge is 2.26. The molecule has 0 amide bonds. The molecule has 0 atom stereocenters. The van der Waals surface area contributed by atoms with Gasteiger partial charge in [-0.2, -0.15) is 0 Å². The van der Waals surface area contributed by atoms with E-state index >= 15 is 0 Å². The van der Waals surface area contributed by atoms with E-state index in [1.165, 1.54) is 16.8 Å². The van der Waals surface area contributed by atoms with Crippen molar-refractivity contribution in [2.24, 2.45) is 0 Å². The van der Waals surface area contributed by atoms with E-state index in [2.05, 4.69) is 91.4 Å². The molecule has 1 fully saturated rings. The average Bonchev–Trinajstić information content (AvgIpc) is 3.19. The number of aromatic nitrogens is 1. The molecule has 0 unspecified atom stereocenters. The van der Waals surface area contributed by atoms with Gasteiger partial charge in [0.2, 0.25) is 11.5 Å². The first-order valence-electron chi connectivity index (χ1n) is 17.3. The molecule has 1 aromatic heterocycles. The van der Waals surface area contributed by atoms with Crippen molar-refractivity contribution in [2.75, 3.05) is 60.6 Å². The molecule has 288 valence electrons. The van der Waals surface area contributed by atoms with Crippen LogP contribution in [0, 0.1) is 0 Å². The van der Waals surface area contributed by atoms with Gasteiger partial charge in [0.15, 0.2) is 23.0 Å². The molecule has 5 aromatic rings. The zero-order chi connectivity index (χ0) is 36.6. The molecule has 1 saturated heterocycles. The Kier molecular flexibility index (Phi) is 15.6. The molecule has 2 heterocycles. The van der Waals surface area contributed by atoms with Crippen LogP contribution in [0.1, 0.15) is 24.0 Å². The molecule has 12 heteroatoms. The standard InChI is InChI=1S/C42H46BrN3O6.2ClH/c1-47-37-22-31(23-38(48-2)41(37)51-5)30-9-7-8-28(20-30)27-46(34-12-10-33(43)11-13-34)35-15-18-45(19-16-35)26-29-14-17-44-36(21-29)32-24-39(49-3)42(52-6)40(25-32)50-4;;/h7-14,17,20-25,35H,15-16,18-19,26-27H2,1-6H3;2*1H. The summed E-state index contributed by atoms with van der Waals surface area (Å²) in [5.41, 5.74) is 7.52. The van der Waals surface area contributed by atoms with Crippen molar-refractivity contribution in [1.29, 1.82) is 0 Å². The minimum absolute atomic E-state index is 0. The molecule has 4 aromatic carbocycles. The van der Waals surface area contributed by atoms with E-state index in [0.717, 1.165) is 65.9 Å². The quantitative estimate of drug-likeness (QED) is 0.109. The minimum Gasteiger partial charge on any atom is -0.493 e. The number of ether oxygens (including phenoxy) is 6. The zero-order valence-electron chi connectivity index (χ0n) is 31.5. The lowest BCUT2D eigenvalue weighted by molar-refractivity contribution is 0.201. The largest absolute Gasteiger partial charge is 0.493 e. The molecular weight excluding hydrogens is 793 g/mol. The molecule has 1 aliphatic heterocycles. The number of pyridine rings is 1. The summed E-state index contributed by atoms with van der Waals surface area (Å²) in [6, 6.07) is 29.9. The van der Waals surface area contributed by atoms with Crippen LogP contribution < -0.4 is 33.3 Å². The Morgan fingerprint density at radius 3 is 1.72 bits per heavy atom. The maximum atomic E-state index is 5.64. The maximum Gasteiger partial charge on any atom is 0.203 e. The first-order valence-corrected chi connectivity index (χ1v) is 18.1. The third-order valence-corrected chi connectivity index (χ3v) is 10.2. The third-order valence-electron chi connectivity index (χ3n) is 9.63. The van der Waals surface area contributed by atoms with Crippen LogP contribution in [0.3, 0.4) is 0 Å². The van der Waals surface area contributed by atoms with Crippen LogP contribution in [0.4, 0.5) is 5.69 Å². The van der Waals surface area contributed by atoms with Crippen molar-refractivity contribution in [2.45, 2.75) is 32.0 Å². The summed E-state index contributed by atoms with van der Waals surface area (Å²) in [5, 5.41) is 0. The number of benzene rings is 4. The van der Waals surface area contributed by atoms with Crippen molar-refractivity contribution in [3.8, 4) is 56.9 Å². The Hall–Kier alpha value is -4.35.